The van der Waals surface area contributed by atoms with Crippen LogP contribution in [0.25, 0.3) is 0 Å². The van der Waals surface area contributed by atoms with E-state index in [2.05, 4.69) is 29.8 Å². The van der Waals surface area contributed by atoms with Gasteiger partial charge in [-0.05, 0) is 42.9 Å². The number of rotatable bonds is 9. The van der Waals surface area contributed by atoms with Gasteiger partial charge in [-0.2, -0.15) is 0 Å². The Morgan fingerprint density at radius 3 is 2.32 bits per heavy atom. The zero-order valence-corrected chi connectivity index (χ0v) is 16.6. The van der Waals surface area contributed by atoms with E-state index in [-0.39, 0.29) is 11.9 Å². The molecule has 1 saturated carbocycles. The molecule has 3 N–H and O–H groups in total. The Balaban J connectivity index is 1.54. The summed E-state index contributed by atoms with van der Waals surface area (Å²) in [6.45, 7) is 5.34. The van der Waals surface area contributed by atoms with E-state index in [9.17, 15) is 14.4 Å². The Morgan fingerprint density at radius 2 is 1.68 bits per heavy atom. The number of amides is 1. The fourth-order valence-corrected chi connectivity index (χ4v) is 3.51. The molecule has 0 radical (unpaired) electrons. The van der Waals surface area contributed by atoms with E-state index < -0.39 is 10.9 Å². The minimum atomic E-state index is -0.457. The summed E-state index contributed by atoms with van der Waals surface area (Å²) in [6.07, 6.45) is 5.35. The molecule has 28 heavy (non-hydrogen) atoms. The highest BCUT2D eigenvalue weighted by Gasteiger charge is 2.24. The molecule has 0 aromatic heterocycles. The zero-order chi connectivity index (χ0) is 20.1. The fourth-order valence-electron chi connectivity index (χ4n) is 3.51. The third-order valence-corrected chi connectivity index (χ3v) is 5.31. The van der Waals surface area contributed by atoms with Gasteiger partial charge in [0.05, 0.1) is 0 Å². The Hall–Kier alpha value is -2.63. The van der Waals surface area contributed by atoms with Gasteiger partial charge in [-0.1, -0.05) is 38.8 Å². The van der Waals surface area contributed by atoms with Crippen LogP contribution in [0.3, 0.4) is 0 Å². The second kappa shape index (κ2) is 9.04. The summed E-state index contributed by atoms with van der Waals surface area (Å²) in [5.74, 6) is 0.475. The van der Waals surface area contributed by atoms with Crippen LogP contribution < -0.4 is 26.8 Å². The minimum absolute atomic E-state index is 0.0781. The minimum Gasteiger partial charge on any atom is -0.377 e. The quantitative estimate of drug-likeness (QED) is 0.580. The van der Waals surface area contributed by atoms with Crippen LogP contribution in [0.15, 0.2) is 33.9 Å². The molecule has 150 valence electrons. The molecule has 2 aromatic carbocycles. The van der Waals surface area contributed by atoms with Gasteiger partial charge in [0.2, 0.25) is 0 Å². The molecule has 0 aliphatic heterocycles. The molecule has 1 fully saturated rings. The van der Waals surface area contributed by atoms with Crippen LogP contribution in [0.2, 0.25) is 0 Å². The number of hydrogen-bond donors (Lipinski definition) is 3. The molecule has 0 heterocycles. The van der Waals surface area contributed by atoms with Gasteiger partial charge < -0.3 is 16.0 Å². The van der Waals surface area contributed by atoms with Crippen molar-refractivity contribution < 1.29 is 4.79 Å². The van der Waals surface area contributed by atoms with E-state index in [1.165, 1.54) is 0 Å². The van der Waals surface area contributed by atoms with Crippen LogP contribution >= 0.6 is 0 Å². The topological polar surface area (TPSA) is 87.3 Å². The fraction of sp³-hybridized carbons (Fsp3) is 0.500. The molecule has 6 nitrogen and oxygen atoms in total. The van der Waals surface area contributed by atoms with Crippen LogP contribution in [0.4, 0.5) is 11.4 Å². The molecule has 6 heteroatoms. The van der Waals surface area contributed by atoms with Crippen molar-refractivity contribution in [3.63, 3.8) is 0 Å². The number of hydrogen-bond acceptors (Lipinski definition) is 5. The van der Waals surface area contributed by atoms with Crippen molar-refractivity contribution in [1.29, 1.82) is 0 Å². The molecule has 2 aromatic rings. The first-order valence-corrected chi connectivity index (χ1v) is 10.2. The second-order valence-electron chi connectivity index (χ2n) is 8.02. The van der Waals surface area contributed by atoms with E-state index in [4.69, 9.17) is 0 Å². The summed E-state index contributed by atoms with van der Waals surface area (Å²) in [5.41, 5.74) is 1.48. The molecular formula is C22H29N3O3. The van der Waals surface area contributed by atoms with E-state index in [1.807, 2.05) is 12.1 Å². The van der Waals surface area contributed by atoms with E-state index in [1.54, 1.807) is 12.1 Å². The largest absolute Gasteiger partial charge is 0.377 e. The lowest BCUT2D eigenvalue weighted by Gasteiger charge is -2.18. The van der Waals surface area contributed by atoms with Crippen molar-refractivity contribution in [1.82, 2.24) is 5.32 Å². The first-order valence-electron chi connectivity index (χ1n) is 10.2. The molecular weight excluding hydrogens is 354 g/mol. The second-order valence-corrected chi connectivity index (χ2v) is 8.02. The highest BCUT2D eigenvalue weighted by atomic mass is 16.2. The van der Waals surface area contributed by atoms with E-state index >= 15 is 0 Å². The predicted octanol–water partition coefficient (Wildman–Crippen LogP) is 3.03. The molecule has 0 bridgehead atoms. The Bertz CT molecular complexity index is 874. The van der Waals surface area contributed by atoms with Crippen LogP contribution in [0, 0.1) is 5.92 Å². The predicted molar refractivity (Wildman–Crippen MR) is 113 cm³/mol. The lowest BCUT2D eigenvalue weighted by Crippen LogP contribution is -2.39. The molecule has 0 saturated heterocycles. The molecule has 1 amide bonds. The monoisotopic (exact) mass is 383 g/mol. The summed E-state index contributed by atoms with van der Waals surface area (Å²) in [6, 6.07) is 7.57. The lowest BCUT2D eigenvalue weighted by atomic mass is 10.1. The third-order valence-electron chi connectivity index (χ3n) is 5.31. The van der Waals surface area contributed by atoms with Crippen molar-refractivity contribution in [2.75, 3.05) is 17.2 Å². The van der Waals surface area contributed by atoms with E-state index in [0.717, 1.165) is 37.7 Å². The van der Waals surface area contributed by atoms with Crippen molar-refractivity contribution in [2.24, 2.45) is 5.92 Å². The number of carbonyl (C=O) groups is 1. The maximum absolute atomic E-state index is 12.1. The molecule has 0 atom stereocenters. The summed E-state index contributed by atoms with van der Waals surface area (Å²) in [5, 5.41) is 9.22. The summed E-state index contributed by atoms with van der Waals surface area (Å²) < 4.78 is 0. The molecule has 0 unspecified atom stereocenters. The number of benzene rings is 1. The summed E-state index contributed by atoms with van der Waals surface area (Å²) >= 11 is 0. The van der Waals surface area contributed by atoms with Gasteiger partial charge in [0.25, 0.3) is 16.8 Å². The number of anilines is 2. The average molecular weight is 383 g/mol. The van der Waals surface area contributed by atoms with Crippen LogP contribution in [-0.2, 0) is 6.54 Å². The van der Waals surface area contributed by atoms with Gasteiger partial charge in [-0.15, -0.1) is 0 Å². The van der Waals surface area contributed by atoms with Gasteiger partial charge in [0, 0.05) is 24.7 Å². The van der Waals surface area contributed by atoms with Gasteiger partial charge in [0.1, 0.15) is 11.4 Å². The van der Waals surface area contributed by atoms with Crippen molar-refractivity contribution >= 4 is 17.3 Å². The highest BCUT2D eigenvalue weighted by Crippen LogP contribution is 2.24. The van der Waals surface area contributed by atoms with E-state index in [0.29, 0.717) is 35.9 Å². The standard InChI is InChI=1S/C22H29N3O3/c1-14(2)11-12-23-22(28)16-9-7-15(8-10-16)13-24-18-19(21(27)20(18)26)25-17-5-3-4-6-17/h7-10,14,17,24-25H,3-6,11-13H2,1-2H3,(H,23,28). The maximum atomic E-state index is 12.1. The third kappa shape index (κ3) is 4.80. The number of carbonyl (C=O) groups excluding carboxylic acids is 1. The normalized spacial score (nSPS) is 14.5. The lowest BCUT2D eigenvalue weighted by molar-refractivity contribution is 0.0952. The van der Waals surface area contributed by atoms with Gasteiger partial charge in [-0.25, -0.2) is 0 Å². The SMILES string of the molecule is CC(C)CCNC(=O)c1ccc(CNc2c(NC3CCCC3)c(=O)c2=O)cc1. The van der Waals surface area contributed by atoms with Crippen molar-refractivity contribution in [3.8, 4) is 0 Å². The van der Waals surface area contributed by atoms with Crippen LogP contribution in [0.5, 0.6) is 0 Å². The highest BCUT2D eigenvalue weighted by molar-refractivity contribution is 5.94. The van der Waals surface area contributed by atoms with Crippen LogP contribution in [0.1, 0.15) is 61.9 Å². The molecule has 3 rings (SSSR count). The molecule has 1 aliphatic carbocycles. The van der Waals surface area contributed by atoms with Gasteiger partial charge in [-0.3, -0.25) is 14.4 Å². The molecule has 0 spiro atoms. The smallest absolute Gasteiger partial charge is 0.253 e. The first-order chi connectivity index (χ1) is 13.5. The number of nitrogens with one attached hydrogen (secondary N) is 3. The summed E-state index contributed by atoms with van der Waals surface area (Å²) in [7, 11) is 0. The maximum Gasteiger partial charge on any atom is 0.253 e. The Morgan fingerprint density at radius 1 is 1.04 bits per heavy atom. The zero-order valence-electron chi connectivity index (χ0n) is 16.6. The Labute approximate surface area is 165 Å². The average Bonchev–Trinajstić information content (AvgIpc) is 3.20. The molecule has 1 aliphatic rings. The first kappa shape index (κ1) is 20.1. The van der Waals surface area contributed by atoms with Crippen LogP contribution in [-0.4, -0.2) is 18.5 Å². The summed E-state index contributed by atoms with van der Waals surface area (Å²) in [4.78, 5) is 35.9. The van der Waals surface area contributed by atoms with Gasteiger partial charge in [0.15, 0.2) is 0 Å². The van der Waals surface area contributed by atoms with Gasteiger partial charge >= 0.3 is 0 Å². The Kier molecular flexibility index (Phi) is 6.49. The van der Waals surface area contributed by atoms with Crippen molar-refractivity contribution in [2.45, 2.75) is 58.5 Å². The van der Waals surface area contributed by atoms with Crippen molar-refractivity contribution in [3.05, 3.63) is 55.8 Å².